The summed E-state index contributed by atoms with van der Waals surface area (Å²) in [5.41, 5.74) is 0.382. The molecule has 3 aromatic carbocycles. The molecule has 0 saturated heterocycles. The number of carbonyl (C=O) groups excluding carboxylic acids is 2. The van der Waals surface area contributed by atoms with Crippen molar-refractivity contribution in [2.45, 2.75) is 4.90 Å². The van der Waals surface area contributed by atoms with Gasteiger partial charge in [-0.2, -0.15) is 0 Å². The average molecular weight is 521 g/mol. The van der Waals surface area contributed by atoms with Crippen molar-refractivity contribution < 1.29 is 36.6 Å². The van der Waals surface area contributed by atoms with Crippen molar-refractivity contribution in [3.8, 4) is 11.5 Å². The van der Waals surface area contributed by atoms with Crippen LogP contribution in [0.4, 0.5) is 15.8 Å². The van der Waals surface area contributed by atoms with Gasteiger partial charge in [0.1, 0.15) is 5.82 Å². The van der Waals surface area contributed by atoms with Crippen LogP contribution in [0.25, 0.3) is 0 Å². The number of esters is 1. The number of amides is 1. The van der Waals surface area contributed by atoms with Gasteiger partial charge in [0.05, 0.1) is 21.2 Å². The first-order chi connectivity index (χ1) is 16.6. The third kappa shape index (κ3) is 5.31. The number of sulfonamides is 1. The fourth-order valence-electron chi connectivity index (χ4n) is 3.15. The Morgan fingerprint density at radius 1 is 1.06 bits per heavy atom. The SMILES string of the molecule is CN(c1ccc(F)cc1)S(=O)(=O)c1ccc(Cl)c(C(=O)OCC(=O)Nc2ccc3c(c2)OCO3)c1. The lowest BCUT2D eigenvalue weighted by Crippen LogP contribution is -2.27. The van der Waals surface area contributed by atoms with Gasteiger partial charge in [-0.05, 0) is 54.6 Å². The standard InChI is InChI=1S/C23H18ClFN2O7S/c1-27(16-5-2-14(25)3-6-16)35(30,31)17-7-8-19(24)18(11-17)23(29)32-12-22(28)26-15-4-9-20-21(10-15)34-13-33-20/h2-11H,12-13H2,1H3,(H,26,28). The molecule has 4 rings (SSSR count). The van der Waals surface area contributed by atoms with Crippen LogP contribution in [0.15, 0.2) is 65.6 Å². The van der Waals surface area contributed by atoms with Crippen LogP contribution in [-0.2, 0) is 19.6 Å². The Kier molecular flexibility index (Phi) is 6.81. The van der Waals surface area contributed by atoms with Gasteiger partial charge in [0, 0.05) is 18.8 Å². The molecule has 0 aromatic heterocycles. The van der Waals surface area contributed by atoms with Crippen LogP contribution >= 0.6 is 11.6 Å². The summed E-state index contributed by atoms with van der Waals surface area (Å²) in [5, 5.41) is 2.49. The van der Waals surface area contributed by atoms with Gasteiger partial charge in [0.2, 0.25) is 6.79 Å². The maximum absolute atomic E-state index is 13.2. The Bertz CT molecular complexity index is 1400. The molecule has 3 aromatic rings. The van der Waals surface area contributed by atoms with Crippen molar-refractivity contribution in [1.29, 1.82) is 0 Å². The van der Waals surface area contributed by atoms with E-state index in [0.29, 0.717) is 17.2 Å². The summed E-state index contributed by atoms with van der Waals surface area (Å²) < 4.78 is 55.6. The second kappa shape index (κ2) is 9.80. The highest BCUT2D eigenvalue weighted by Gasteiger charge is 2.25. The van der Waals surface area contributed by atoms with Gasteiger partial charge in [0.25, 0.3) is 15.9 Å². The molecular weight excluding hydrogens is 503 g/mol. The maximum Gasteiger partial charge on any atom is 0.340 e. The number of halogens is 2. The second-order valence-corrected chi connectivity index (χ2v) is 9.66. The molecule has 0 bridgehead atoms. The topological polar surface area (TPSA) is 111 Å². The molecule has 1 aliphatic rings. The van der Waals surface area contributed by atoms with Gasteiger partial charge in [-0.15, -0.1) is 0 Å². The second-order valence-electron chi connectivity index (χ2n) is 7.28. The van der Waals surface area contributed by atoms with Crippen LogP contribution in [0.5, 0.6) is 11.5 Å². The smallest absolute Gasteiger partial charge is 0.340 e. The third-order valence-electron chi connectivity index (χ3n) is 5.00. The fraction of sp³-hybridized carbons (Fsp3) is 0.130. The molecule has 0 saturated carbocycles. The number of ether oxygens (including phenoxy) is 3. The molecule has 1 amide bonds. The first kappa shape index (κ1) is 24.3. The molecule has 0 atom stereocenters. The zero-order valence-corrected chi connectivity index (χ0v) is 19.7. The van der Waals surface area contributed by atoms with Gasteiger partial charge in [0.15, 0.2) is 18.1 Å². The number of hydrogen-bond donors (Lipinski definition) is 1. The summed E-state index contributed by atoms with van der Waals surface area (Å²) in [7, 11) is -2.82. The number of nitrogens with one attached hydrogen (secondary N) is 1. The van der Waals surface area contributed by atoms with Crippen LogP contribution in [0.1, 0.15) is 10.4 Å². The summed E-state index contributed by atoms with van der Waals surface area (Å²) in [6.07, 6.45) is 0. The first-order valence-electron chi connectivity index (χ1n) is 10.1. The molecule has 0 spiro atoms. The number of rotatable bonds is 7. The Balaban J connectivity index is 1.44. The van der Waals surface area contributed by atoms with Gasteiger partial charge in [-0.1, -0.05) is 11.6 Å². The van der Waals surface area contributed by atoms with E-state index >= 15 is 0 Å². The lowest BCUT2D eigenvalue weighted by atomic mass is 10.2. The molecule has 9 nitrogen and oxygen atoms in total. The van der Waals surface area contributed by atoms with Crippen LogP contribution in [0.2, 0.25) is 5.02 Å². The Morgan fingerprint density at radius 3 is 2.51 bits per heavy atom. The number of nitrogens with zero attached hydrogens (tertiary/aromatic N) is 1. The zero-order chi connectivity index (χ0) is 25.2. The van der Waals surface area contributed by atoms with Gasteiger partial charge >= 0.3 is 5.97 Å². The van der Waals surface area contributed by atoms with E-state index in [1.165, 1.54) is 31.3 Å². The number of fused-ring (bicyclic) bond motifs is 1. The van der Waals surface area contributed by atoms with E-state index < -0.39 is 34.3 Å². The molecule has 35 heavy (non-hydrogen) atoms. The van der Waals surface area contributed by atoms with Gasteiger partial charge < -0.3 is 19.5 Å². The van der Waals surface area contributed by atoms with Crippen molar-refractivity contribution >= 4 is 44.9 Å². The van der Waals surface area contributed by atoms with Gasteiger partial charge in [-0.3, -0.25) is 9.10 Å². The number of anilines is 2. The minimum atomic E-state index is -4.11. The van der Waals surface area contributed by atoms with Crippen molar-refractivity contribution in [2.75, 3.05) is 30.1 Å². The van der Waals surface area contributed by atoms with Crippen molar-refractivity contribution in [1.82, 2.24) is 0 Å². The van der Waals surface area contributed by atoms with E-state index in [1.54, 1.807) is 18.2 Å². The first-order valence-corrected chi connectivity index (χ1v) is 11.9. The van der Waals surface area contributed by atoms with E-state index in [9.17, 15) is 22.4 Å². The lowest BCUT2D eigenvalue weighted by Gasteiger charge is -2.20. The van der Waals surface area contributed by atoms with Crippen molar-refractivity contribution in [3.05, 3.63) is 77.1 Å². The zero-order valence-electron chi connectivity index (χ0n) is 18.2. The number of carbonyl (C=O) groups is 2. The average Bonchev–Trinajstić information content (AvgIpc) is 3.30. The van der Waals surface area contributed by atoms with Crippen LogP contribution in [0.3, 0.4) is 0 Å². The highest BCUT2D eigenvalue weighted by molar-refractivity contribution is 7.92. The molecule has 1 aliphatic heterocycles. The highest BCUT2D eigenvalue weighted by atomic mass is 35.5. The minimum Gasteiger partial charge on any atom is -0.454 e. The Hall–Kier alpha value is -3.83. The van der Waals surface area contributed by atoms with Crippen LogP contribution < -0.4 is 19.1 Å². The van der Waals surface area contributed by atoms with Crippen LogP contribution in [0, 0.1) is 5.82 Å². The van der Waals surface area contributed by atoms with Crippen molar-refractivity contribution in [3.63, 3.8) is 0 Å². The number of hydrogen-bond acceptors (Lipinski definition) is 7. The van der Waals surface area contributed by atoms with E-state index in [4.69, 9.17) is 25.8 Å². The molecule has 182 valence electrons. The Morgan fingerprint density at radius 2 is 1.77 bits per heavy atom. The van der Waals surface area contributed by atoms with Gasteiger partial charge in [-0.25, -0.2) is 17.6 Å². The van der Waals surface area contributed by atoms with Crippen molar-refractivity contribution in [2.24, 2.45) is 0 Å². The fourth-order valence-corrected chi connectivity index (χ4v) is 4.57. The molecular formula is C23H18ClFN2O7S. The molecule has 1 N–H and O–H groups in total. The largest absolute Gasteiger partial charge is 0.454 e. The molecule has 0 fully saturated rings. The van der Waals surface area contributed by atoms with E-state index in [0.717, 1.165) is 22.5 Å². The quantitative estimate of drug-likeness (QED) is 0.471. The molecule has 0 unspecified atom stereocenters. The van der Waals surface area contributed by atoms with E-state index in [1.807, 2.05) is 0 Å². The monoisotopic (exact) mass is 520 g/mol. The molecule has 0 aliphatic carbocycles. The summed E-state index contributed by atoms with van der Waals surface area (Å²) in [4.78, 5) is 24.5. The van der Waals surface area contributed by atoms with Crippen LogP contribution in [-0.4, -0.2) is 40.7 Å². The summed E-state index contributed by atoms with van der Waals surface area (Å²) in [6, 6.07) is 13.1. The van der Waals surface area contributed by atoms with E-state index in [2.05, 4.69) is 5.32 Å². The predicted molar refractivity (Wildman–Crippen MR) is 125 cm³/mol. The molecule has 12 heteroatoms. The summed E-state index contributed by atoms with van der Waals surface area (Å²) in [5.74, 6) is -1.12. The normalized spacial score (nSPS) is 12.2. The predicted octanol–water partition coefficient (Wildman–Crippen LogP) is 3.83. The summed E-state index contributed by atoms with van der Waals surface area (Å²) in [6.45, 7) is -0.560. The highest BCUT2D eigenvalue weighted by Crippen LogP contribution is 2.34. The molecule has 0 radical (unpaired) electrons. The maximum atomic E-state index is 13.2. The summed E-state index contributed by atoms with van der Waals surface area (Å²) >= 11 is 6.08. The number of benzene rings is 3. The van der Waals surface area contributed by atoms with E-state index in [-0.39, 0.29) is 28.0 Å². The lowest BCUT2D eigenvalue weighted by molar-refractivity contribution is -0.119. The molecule has 1 heterocycles. The minimum absolute atomic E-state index is 0.0606. The Labute approximate surface area is 205 Å². The third-order valence-corrected chi connectivity index (χ3v) is 7.11.